The first-order chi connectivity index (χ1) is 30.2. The van der Waals surface area contributed by atoms with Crippen molar-refractivity contribution >= 4 is 117 Å². The van der Waals surface area contributed by atoms with E-state index in [0.29, 0.717) is 47.6 Å². The Morgan fingerprint density at radius 2 is 1.12 bits per heavy atom. The minimum absolute atomic E-state index is 0.210. The van der Waals surface area contributed by atoms with Crippen molar-refractivity contribution in [1.82, 2.24) is 19.9 Å². The molecule has 0 aliphatic carbocycles. The summed E-state index contributed by atoms with van der Waals surface area (Å²) < 4.78 is 79.7. The minimum atomic E-state index is -3.70. The third kappa shape index (κ3) is 11.4. The topological polar surface area (TPSA) is 224 Å². The van der Waals surface area contributed by atoms with Gasteiger partial charge in [-0.3, -0.25) is 19.0 Å². The number of rotatable bonds is 10. The molecule has 64 heavy (non-hydrogen) atoms. The number of benzene rings is 4. The first kappa shape index (κ1) is 47.5. The van der Waals surface area contributed by atoms with Crippen LogP contribution in [0.25, 0.3) is 33.2 Å². The van der Waals surface area contributed by atoms with Gasteiger partial charge >= 0.3 is 7.12 Å². The summed E-state index contributed by atoms with van der Waals surface area (Å²) in [6.07, 6.45) is 7.91. The van der Waals surface area contributed by atoms with Crippen molar-refractivity contribution in [2.45, 2.75) is 0 Å². The Morgan fingerprint density at radius 1 is 0.656 bits per heavy atom. The number of ketones is 2. The Morgan fingerprint density at radius 3 is 1.59 bits per heavy atom. The standard InChI is InChI=1S/C21H15ClFN3O3S.C15H11BrFN3O3S.C6H6BClO2/c1-30(28,29)26-18-8-4-6-14(19(18)23)20(27)16-11-25-21-15(16)9-12(10-24-21)13-5-2-3-7-17(13)22;1-24(22,23)20-12-4-2-3-9(13(12)17)14(21)11-7-19-15-10(11)5-8(16)6-18-15;8-6-4-2-1-3-5(6)7(9)10/h2-11,26H,1H3,(H,24,25);2-7,20H,1H3,(H,18,19);1-4,9-10H. The van der Waals surface area contributed by atoms with Crippen LogP contribution >= 0.6 is 39.1 Å². The number of sulfonamides is 2. The highest BCUT2D eigenvalue weighted by Crippen LogP contribution is 2.32. The van der Waals surface area contributed by atoms with Crippen molar-refractivity contribution in [3.8, 4) is 11.1 Å². The molecule has 0 saturated carbocycles. The fraction of sp³-hybridized carbons (Fsp3) is 0.0476. The molecular weight excluding hydrogens is 980 g/mol. The number of aromatic amines is 2. The molecule has 0 unspecified atom stereocenters. The predicted octanol–water partition coefficient (Wildman–Crippen LogP) is 7.71. The number of carbonyl (C=O) groups is 2. The van der Waals surface area contributed by atoms with E-state index in [1.54, 1.807) is 54.9 Å². The lowest BCUT2D eigenvalue weighted by Gasteiger charge is -2.09. The fourth-order valence-corrected chi connectivity index (χ4v) is 8.07. The van der Waals surface area contributed by atoms with Crippen molar-refractivity contribution in [3.05, 3.63) is 170 Å². The number of nitrogens with zero attached hydrogens (tertiary/aromatic N) is 2. The zero-order valence-electron chi connectivity index (χ0n) is 33.1. The van der Waals surface area contributed by atoms with E-state index in [1.807, 2.05) is 18.2 Å². The summed E-state index contributed by atoms with van der Waals surface area (Å²) in [4.78, 5) is 40.0. The number of halogens is 5. The molecule has 4 heterocycles. The van der Waals surface area contributed by atoms with Gasteiger partial charge in [-0.15, -0.1) is 0 Å². The highest BCUT2D eigenvalue weighted by Gasteiger charge is 2.23. The number of pyridine rings is 2. The SMILES string of the molecule is CS(=O)(=O)Nc1cccc(C(=O)c2c[nH]c3ncc(-c4ccccc4Cl)cc23)c1F.CS(=O)(=O)Nc1cccc(C(=O)c2c[nH]c3ncc(Br)cc23)c1F.OB(O)c1ccccc1Cl. The van der Waals surface area contributed by atoms with Crippen molar-refractivity contribution in [2.75, 3.05) is 22.0 Å². The Balaban J connectivity index is 0.000000178. The van der Waals surface area contributed by atoms with Gasteiger partial charge in [-0.1, -0.05) is 71.7 Å². The number of anilines is 2. The van der Waals surface area contributed by atoms with Crippen LogP contribution in [0.2, 0.25) is 10.0 Å². The van der Waals surface area contributed by atoms with E-state index >= 15 is 0 Å². The van der Waals surface area contributed by atoms with E-state index in [4.69, 9.17) is 33.2 Å². The average molecular weight is 1010 g/mol. The second-order valence-corrected chi connectivity index (χ2v) is 18.9. The second-order valence-electron chi connectivity index (χ2n) is 13.7. The number of hydrogen-bond acceptors (Lipinski definition) is 10. The molecule has 4 aromatic heterocycles. The largest absolute Gasteiger partial charge is 0.489 e. The van der Waals surface area contributed by atoms with Gasteiger partial charge in [0.05, 0.1) is 35.0 Å². The molecule has 0 aliphatic rings. The van der Waals surface area contributed by atoms with E-state index in [0.717, 1.165) is 18.1 Å². The molecular formula is C42H32BBrCl2F2N6O8S2. The summed E-state index contributed by atoms with van der Waals surface area (Å²) in [6, 6.07) is 25.2. The van der Waals surface area contributed by atoms with Gasteiger partial charge in [-0.25, -0.2) is 35.6 Å². The van der Waals surface area contributed by atoms with Crippen LogP contribution in [0.3, 0.4) is 0 Å². The lowest BCUT2D eigenvalue weighted by molar-refractivity contribution is 0.102. The Hall–Kier alpha value is -6.00. The lowest BCUT2D eigenvalue weighted by Crippen LogP contribution is -2.30. The quantitative estimate of drug-likeness (QED) is 0.0578. The van der Waals surface area contributed by atoms with Crippen LogP contribution in [0, 0.1) is 11.6 Å². The Bertz CT molecular complexity index is 3300. The van der Waals surface area contributed by atoms with Crippen LogP contribution in [0.5, 0.6) is 0 Å². The molecule has 4 aromatic carbocycles. The van der Waals surface area contributed by atoms with Crippen molar-refractivity contribution in [2.24, 2.45) is 0 Å². The summed E-state index contributed by atoms with van der Waals surface area (Å²) >= 11 is 15.1. The number of carbonyl (C=O) groups excluding carboxylic acids is 2. The molecule has 0 atom stereocenters. The van der Waals surface area contributed by atoms with Gasteiger partial charge < -0.3 is 20.0 Å². The Labute approximate surface area is 383 Å². The first-order valence-corrected chi connectivity index (χ1v) is 23.6. The molecule has 8 rings (SSSR count). The summed E-state index contributed by atoms with van der Waals surface area (Å²) in [5, 5.41) is 19.3. The zero-order chi connectivity index (χ0) is 46.5. The fourth-order valence-electron chi connectivity index (χ4n) is 6.15. The first-order valence-electron chi connectivity index (χ1n) is 18.3. The van der Waals surface area contributed by atoms with E-state index in [9.17, 15) is 35.2 Å². The van der Waals surface area contributed by atoms with Gasteiger partial charge in [-0.2, -0.15) is 0 Å². The van der Waals surface area contributed by atoms with Crippen LogP contribution in [-0.2, 0) is 20.0 Å². The summed E-state index contributed by atoms with van der Waals surface area (Å²) in [7, 11) is -8.84. The molecule has 0 fully saturated rings. The maximum atomic E-state index is 14.9. The molecule has 328 valence electrons. The molecule has 0 radical (unpaired) electrons. The zero-order valence-corrected chi connectivity index (χ0v) is 37.8. The molecule has 0 amide bonds. The van der Waals surface area contributed by atoms with Gasteiger partial charge in [0.25, 0.3) is 0 Å². The van der Waals surface area contributed by atoms with Gasteiger partial charge in [-0.05, 0) is 64.5 Å². The van der Waals surface area contributed by atoms with Crippen LogP contribution in [0.4, 0.5) is 20.2 Å². The molecule has 6 N–H and O–H groups in total. The highest BCUT2D eigenvalue weighted by molar-refractivity contribution is 9.10. The number of nitrogens with one attached hydrogen (secondary N) is 4. The van der Waals surface area contributed by atoms with E-state index in [1.165, 1.54) is 48.8 Å². The monoisotopic (exact) mass is 1010 g/mol. The molecule has 8 aromatic rings. The second kappa shape index (κ2) is 19.8. The van der Waals surface area contributed by atoms with Gasteiger partial charge in [0.15, 0.2) is 23.2 Å². The molecule has 0 spiro atoms. The summed E-state index contributed by atoms with van der Waals surface area (Å²) in [5.41, 5.74) is 2.14. The molecule has 0 bridgehead atoms. The third-order valence-electron chi connectivity index (χ3n) is 8.96. The van der Waals surface area contributed by atoms with Gasteiger partial charge in [0.1, 0.15) is 11.3 Å². The van der Waals surface area contributed by atoms with Crippen LogP contribution in [-0.4, -0.2) is 78.0 Å². The average Bonchev–Trinajstić information content (AvgIpc) is 3.86. The summed E-state index contributed by atoms with van der Waals surface area (Å²) in [5.74, 6) is -3.05. The maximum Gasteiger partial charge on any atom is 0.489 e. The number of fused-ring (bicyclic) bond motifs is 2. The van der Waals surface area contributed by atoms with Gasteiger partial charge in [0.2, 0.25) is 20.0 Å². The lowest BCUT2D eigenvalue weighted by atomic mass is 9.80. The smallest absolute Gasteiger partial charge is 0.423 e. The normalized spacial score (nSPS) is 11.3. The van der Waals surface area contributed by atoms with Crippen molar-refractivity contribution in [1.29, 1.82) is 0 Å². The maximum absolute atomic E-state index is 14.9. The van der Waals surface area contributed by atoms with Crippen molar-refractivity contribution < 1.29 is 45.3 Å². The molecule has 14 nitrogen and oxygen atoms in total. The Kier molecular flexibility index (Phi) is 14.7. The summed E-state index contributed by atoms with van der Waals surface area (Å²) in [6.45, 7) is 0. The van der Waals surface area contributed by atoms with Crippen LogP contribution < -0.4 is 14.9 Å². The van der Waals surface area contributed by atoms with Crippen LogP contribution in [0.15, 0.2) is 126 Å². The highest BCUT2D eigenvalue weighted by atomic mass is 79.9. The number of H-pyrrole nitrogens is 2. The third-order valence-corrected chi connectivity index (χ3v) is 11.3. The minimum Gasteiger partial charge on any atom is -0.423 e. The predicted molar refractivity (Wildman–Crippen MR) is 248 cm³/mol. The molecule has 0 saturated heterocycles. The molecule has 22 heteroatoms. The van der Waals surface area contributed by atoms with E-state index in [2.05, 4.69) is 45.3 Å². The van der Waals surface area contributed by atoms with Crippen molar-refractivity contribution in [3.63, 3.8) is 0 Å². The molecule has 0 aliphatic heterocycles. The number of aromatic nitrogens is 4. The van der Waals surface area contributed by atoms with E-state index in [-0.39, 0.29) is 33.6 Å². The van der Waals surface area contributed by atoms with Gasteiger partial charge in [0, 0.05) is 77.8 Å². The van der Waals surface area contributed by atoms with E-state index < -0.39 is 50.4 Å². The van der Waals surface area contributed by atoms with Crippen LogP contribution in [0.1, 0.15) is 31.8 Å². The number of hydrogen-bond donors (Lipinski definition) is 6.